The molecular weight excluding hydrogens is 520 g/mol. The number of carboxylic acid groups (broad SMARTS) is 1. The highest BCUT2D eigenvalue weighted by Crippen LogP contribution is 2.44. The number of hydrogen-bond donors (Lipinski definition) is 3. The predicted molar refractivity (Wildman–Crippen MR) is 155 cm³/mol. The van der Waals surface area contributed by atoms with E-state index < -0.39 is 30.1 Å². The number of nitrogens with one attached hydrogen (secondary N) is 2. The standard InChI is InChI=1S/C33H30N2O6/c1-21(40-19-22-11-3-2-4-12-22)30(32(37)38)35-31(36)27-17-9-10-18-29(27)34-33(39)41-20-28-25-15-7-5-13-23(25)24-14-6-8-16-26(24)28/h2-18,21,28,30H,19-20H2,1H3,(H,34,39)(H,35,36)(H,37,38)/t21-,30+/m1/s1. The van der Waals surface area contributed by atoms with Gasteiger partial charge in [0, 0.05) is 5.92 Å². The molecule has 4 aromatic carbocycles. The summed E-state index contributed by atoms with van der Waals surface area (Å²) in [7, 11) is 0. The molecular formula is C33H30N2O6. The molecule has 8 heteroatoms. The van der Waals surface area contributed by atoms with Crippen LogP contribution in [0.5, 0.6) is 0 Å². The van der Waals surface area contributed by atoms with Crippen molar-refractivity contribution in [2.45, 2.75) is 31.6 Å². The number of amides is 2. The van der Waals surface area contributed by atoms with E-state index >= 15 is 0 Å². The third-order valence-electron chi connectivity index (χ3n) is 7.13. The van der Waals surface area contributed by atoms with Gasteiger partial charge in [0.1, 0.15) is 6.61 Å². The van der Waals surface area contributed by atoms with Gasteiger partial charge in [-0.25, -0.2) is 9.59 Å². The minimum absolute atomic E-state index is 0.0996. The molecule has 0 aliphatic heterocycles. The Balaban J connectivity index is 1.23. The smallest absolute Gasteiger partial charge is 0.411 e. The molecule has 0 fully saturated rings. The van der Waals surface area contributed by atoms with E-state index in [0.717, 1.165) is 27.8 Å². The second kappa shape index (κ2) is 12.5. The summed E-state index contributed by atoms with van der Waals surface area (Å²) in [5.41, 5.74) is 5.59. The molecule has 8 nitrogen and oxygen atoms in total. The molecule has 0 saturated heterocycles. The number of benzene rings is 4. The fraction of sp³-hybridized carbons (Fsp3) is 0.182. The van der Waals surface area contributed by atoms with Crippen LogP contribution in [-0.2, 0) is 20.9 Å². The van der Waals surface area contributed by atoms with Gasteiger partial charge in [-0.1, -0.05) is 91.0 Å². The van der Waals surface area contributed by atoms with E-state index in [2.05, 4.69) is 22.8 Å². The van der Waals surface area contributed by atoms with Gasteiger partial charge in [0.05, 0.1) is 24.0 Å². The van der Waals surface area contributed by atoms with Crippen molar-refractivity contribution in [1.82, 2.24) is 5.32 Å². The maximum absolute atomic E-state index is 13.2. The van der Waals surface area contributed by atoms with Gasteiger partial charge >= 0.3 is 12.1 Å². The topological polar surface area (TPSA) is 114 Å². The fourth-order valence-corrected chi connectivity index (χ4v) is 5.03. The minimum atomic E-state index is -1.31. The SMILES string of the molecule is C[C@@H](OCc1ccccc1)[C@H](NC(=O)c1ccccc1NC(=O)OCC1c2ccccc2-c2ccccc21)C(=O)O. The number of hydrogen-bond acceptors (Lipinski definition) is 5. The number of ether oxygens (including phenoxy) is 2. The number of carbonyl (C=O) groups is 3. The van der Waals surface area contributed by atoms with E-state index in [1.54, 1.807) is 25.1 Å². The Morgan fingerprint density at radius 3 is 2.05 bits per heavy atom. The first kappa shape index (κ1) is 27.6. The van der Waals surface area contributed by atoms with Crippen molar-refractivity contribution < 1.29 is 29.0 Å². The molecule has 0 aromatic heterocycles. The molecule has 0 spiro atoms. The fourth-order valence-electron chi connectivity index (χ4n) is 5.03. The van der Waals surface area contributed by atoms with Crippen molar-refractivity contribution in [2.24, 2.45) is 0 Å². The molecule has 3 N–H and O–H groups in total. The van der Waals surface area contributed by atoms with E-state index in [0.29, 0.717) is 0 Å². The van der Waals surface area contributed by atoms with Crippen molar-refractivity contribution in [3.8, 4) is 11.1 Å². The number of para-hydroxylation sites is 1. The van der Waals surface area contributed by atoms with Crippen LogP contribution >= 0.6 is 0 Å². The van der Waals surface area contributed by atoms with Gasteiger partial charge in [-0.2, -0.15) is 0 Å². The predicted octanol–water partition coefficient (Wildman–Crippen LogP) is 5.84. The van der Waals surface area contributed by atoms with E-state index in [4.69, 9.17) is 9.47 Å². The minimum Gasteiger partial charge on any atom is -0.480 e. The number of aliphatic carboxylic acids is 1. The molecule has 0 unspecified atom stereocenters. The van der Waals surface area contributed by atoms with Crippen LogP contribution in [0.3, 0.4) is 0 Å². The summed E-state index contributed by atoms with van der Waals surface area (Å²) in [6.07, 6.45) is -1.54. The zero-order valence-corrected chi connectivity index (χ0v) is 22.4. The molecule has 0 heterocycles. The van der Waals surface area contributed by atoms with E-state index in [9.17, 15) is 19.5 Å². The second-order valence-electron chi connectivity index (χ2n) is 9.79. The normalized spacial score (nSPS) is 13.4. The number of fused-ring (bicyclic) bond motifs is 3. The third-order valence-corrected chi connectivity index (χ3v) is 7.13. The maximum Gasteiger partial charge on any atom is 0.411 e. The van der Waals surface area contributed by atoms with E-state index in [1.165, 1.54) is 6.07 Å². The Morgan fingerprint density at radius 2 is 1.39 bits per heavy atom. The average Bonchev–Trinajstić information content (AvgIpc) is 3.31. The Labute approximate surface area is 237 Å². The summed E-state index contributed by atoms with van der Waals surface area (Å²) in [5.74, 6) is -2.01. The second-order valence-corrected chi connectivity index (χ2v) is 9.79. The summed E-state index contributed by atoms with van der Waals surface area (Å²) in [6, 6.07) is 30.4. The van der Waals surface area contributed by atoms with Crippen molar-refractivity contribution in [3.63, 3.8) is 0 Å². The molecule has 2 atom stereocenters. The quantitative estimate of drug-likeness (QED) is 0.229. The van der Waals surface area contributed by atoms with Crippen LogP contribution in [0.15, 0.2) is 103 Å². The van der Waals surface area contributed by atoms with Crippen LogP contribution < -0.4 is 10.6 Å². The molecule has 1 aliphatic rings. The number of anilines is 1. The summed E-state index contributed by atoms with van der Waals surface area (Å²) in [5, 5.41) is 14.9. The number of carboxylic acids is 1. The molecule has 41 heavy (non-hydrogen) atoms. The molecule has 0 bridgehead atoms. The van der Waals surface area contributed by atoms with Gasteiger partial charge in [0.25, 0.3) is 5.91 Å². The van der Waals surface area contributed by atoms with Crippen LogP contribution in [0.25, 0.3) is 11.1 Å². The van der Waals surface area contributed by atoms with Crippen molar-refractivity contribution in [1.29, 1.82) is 0 Å². The van der Waals surface area contributed by atoms with Gasteiger partial charge in [-0.15, -0.1) is 0 Å². The highest BCUT2D eigenvalue weighted by molar-refractivity contribution is 6.04. The maximum atomic E-state index is 13.2. The third kappa shape index (κ3) is 6.28. The lowest BCUT2D eigenvalue weighted by Crippen LogP contribution is -2.48. The molecule has 2 amide bonds. The lowest BCUT2D eigenvalue weighted by atomic mass is 9.98. The van der Waals surface area contributed by atoms with Crippen molar-refractivity contribution >= 4 is 23.7 Å². The van der Waals surface area contributed by atoms with Gasteiger partial charge < -0.3 is 19.9 Å². The Kier molecular flexibility index (Phi) is 8.41. The molecule has 0 saturated carbocycles. The molecule has 208 valence electrons. The highest BCUT2D eigenvalue weighted by Gasteiger charge is 2.30. The average molecular weight is 551 g/mol. The summed E-state index contributed by atoms with van der Waals surface area (Å²) >= 11 is 0. The van der Waals surface area contributed by atoms with Crippen LogP contribution in [0.4, 0.5) is 10.5 Å². The van der Waals surface area contributed by atoms with E-state index in [-0.39, 0.29) is 30.4 Å². The van der Waals surface area contributed by atoms with Crippen LogP contribution in [-0.4, -0.2) is 41.8 Å². The van der Waals surface area contributed by atoms with Gasteiger partial charge in [-0.3, -0.25) is 10.1 Å². The lowest BCUT2D eigenvalue weighted by molar-refractivity contribution is -0.143. The Bertz CT molecular complexity index is 1510. The first-order valence-electron chi connectivity index (χ1n) is 13.3. The largest absolute Gasteiger partial charge is 0.480 e. The van der Waals surface area contributed by atoms with E-state index in [1.807, 2.05) is 66.7 Å². The van der Waals surface area contributed by atoms with Crippen LogP contribution in [0.1, 0.15) is 39.9 Å². The molecule has 4 aromatic rings. The summed E-state index contributed by atoms with van der Waals surface area (Å²) in [4.78, 5) is 38.0. The van der Waals surface area contributed by atoms with Gasteiger partial charge in [0.15, 0.2) is 6.04 Å². The first-order valence-corrected chi connectivity index (χ1v) is 13.3. The number of carbonyl (C=O) groups excluding carboxylic acids is 2. The van der Waals surface area contributed by atoms with Crippen LogP contribution in [0.2, 0.25) is 0 Å². The number of rotatable bonds is 10. The van der Waals surface area contributed by atoms with Crippen LogP contribution in [0, 0.1) is 0 Å². The summed E-state index contributed by atoms with van der Waals surface area (Å²) < 4.78 is 11.3. The van der Waals surface area contributed by atoms with Crippen molar-refractivity contribution in [3.05, 3.63) is 125 Å². The first-order chi connectivity index (χ1) is 19.9. The van der Waals surface area contributed by atoms with Gasteiger partial charge in [0.2, 0.25) is 0 Å². The lowest BCUT2D eigenvalue weighted by Gasteiger charge is -2.22. The molecule has 1 aliphatic carbocycles. The monoisotopic (exact) mass is 550 g/mol. The molecule has 0 radical (unpaired) electrons. The van der Waals surface area contributed by atoms with Crippen molar-refractivity contribution in [2.75, 3.05) is 11.9 Å². The zero-order valence-electron chi connectivity index (χ0n) is 22.4. The van der Waals surface area contributed by atoms with Gasteiger partial charge in [-0.05, 0) is 46.9 Å². The Hall–Kier alpha value is -4.95. The zero-order chi connectivity index (χ0) is 28.8. The Morgan fingerprint density at radius 1 is 0.805 bits per heavy atom. The highest BCUT2D eigenvalue weighted by atomic mass is 16.5. The molecule has 5 rings (SSSR count). The summed E-state index contributed by atoms with van der Waals surface area (Å²) in [6.45, 7) is 1.90.